The van der Waals surface area contributed by atoms with Crippen molar-refractivity contribution in [1.29, 1.82) is 0 Å². The number of rotatable bonds is 12. The van der Waals surface area contributed by atoms with E-state index in [0.717, 1.165) is 0 Å². The molecule has 6 aromatic rings. The summed E-state index contributed by atoms with van der Waals surface area (Å²) in [5.74, 6) is -3.45. The fraction of sp³-hybridized carbons (Fsp3) is 0.171. The van der Waals surface area contributed by atoms with E-state index in [2.05, 4.69) is 20.3 Å². The van der Waals surface area contributed by atoms with Gasteiger partial charge in [0.25, 0.3) is 5.91 Å². The van der Waals surface area contributed by atoms with Crippen molar-refractivity contribution in [2.75, 3.05) is 11.9 Å². The highest BCUT2D eigenvalue weighted by molar-refractivity contribution is 6.06. The molecule has 56 heavy (non-hydrogen) atoms. The second-order valence-corrected chi connectivity index (χ2v) is 12.4. The number of amides is 1. The van der Waals surface area contributed by atoms with Crippen molar-refractivity contribution in [2.24, 2.45) is 0 Å². The van der Waals surface area contributed by atoms with Gasteiger partial charge >= 0.3 is 23.9 Å². The molecule has 1 saturated heterocycles. The quantitative estimate of drug-likeness (QED) is 0.127. The summed E-state index contributed by atoms with van der Waals surface area (Å²) < 4.78 is 31.5. The summed E-state index contributed by atoms with van der Waals surface area (Å²) in [6.07, 6.45) is -4.49. The van der Waals surface area contributed by atoms with E-state index in [4.69, 9.17) is 23.7 Å². The van der Waals surface area contributed by atoms with E-state index in [1.54, 1.807) is 97.1 Å². The first-order chi connectivity index (χ1) is 27.3. The lowest BCUT2D eigenvalue weighted by atomic mass is 10.0. The zero-order chi connectivity index (χ0) is 39.0. The molecular formula is C41H33N5O10. The van der Waals surface area contributed by atoms with Crippen molar-refractivity contribution in [1.82, 2.24) is 19.5 Å². The van der Waals surface area contributed by atoms with Crippen LogP contribution in [0.2, 0.25) is 0 Å². The van der Waals surface area contributed by atoms with Gasteiger partial charge in [-0.05, 0) is 48.5 Å². The topological polar surface area (TPSA) is 187 Å². The van der Waals surface area contributed by atoms with Crippen LogP contribution in [0, 0.1) is 0 Å². The number of esters is 4. The highest BCUT2D eigenvalue weighted by Gasteiger charge is 2.55. The molecule has 0 unspecified atom stereocenters. The second-order valence-electron chi connectivity index (χ2n) is 12.4. The molecule has 5 atom stereocenters. The summed E-state index contributed by atoms with van der Waals surface area (Å²) in [6, 6.07) is 32.8. The van der Waals surface area contributed by atoms with Gasteiger partial charge in [-0.1, -0.05) is 72.8 Å². The Kier molecular flexibility index (Phi) is 11.1. The molecule has 7 rings (SSSR count). The Morgan fingerprint density at radius 1 is 0.679 bits per heavy atom. The molecule has 0 radical (unpaired) electrons. The third-order valence-corrected chi connectivity index (χ3v) is 8.70. The maximum absolute atomic E-state index is 13.7. The Morgan fingerprint density at radius 3 is 1.82 bits per heavy atom. The third-order valence-electron chi connectivity index (χ3n) is 8.70. The number of carbonyl (C=O) groups is 5. The fourth-order valence-electron chi connectivity index (χ4n) is 6.09. The van der Waals surface area contributed by atoms with Crippen LogP contribution in [0.1, 0.15) is 54.6 Å². The Morgan fingerprint density at radius 2 is 1.23 bits per heavy atom. The summed E-state index contributed by atoms with van der Waals surface area (Å²) >= 11 is 0. The zero-order valence-corrected chi connectivity index (χ0v) is 29.7. The van der Waals surface area contributed by atoms with Gasteiger partial charge in [0.2, 0.25) is 0 Å². The van der Waals surface area contributed by atoms with Gasteiger partial charge in [-0.15, -0.1) is 0 Å². The predicted molar refractivity (Wildman–Crippen MR) is 197 cm³/mol. The number of ether oxygens (including phenoxy) is 5. The number of anilines is 1. The molecule has 15 heteroatoms. The molecule has 4 aromatic carbocycles. The number of imidazole rings is 1. The van der Waals surface area contributed by atoms with Crippen LogP contribution < -0.4 is 5.32 Å². The van der Waals surface area contributed by atoms with E-state index in [1.165, 1.54) is 48.4 Å². The van der Waals surface area contributed by atoms with Gasteiger partial charge < -0.3 is 29.0 Å². The van der Waals surface area contributed by atoms with Crippen LogP contribution in [-0.4, -0.2) is 80.3 Å². The van der Waals surface area contributed by atoms with Gasteiger partial charge in [-0.2, -0.15) is 0 Å². The van der Waals surface area contributed by atoms with Crippen LogP contribution in [0.15, 0.2) is 134 Å². The van der Waals surface area contributed by atoms with Crippen LogP contribution in [0.5, 0.6) is 0 Å². The van der Waals surface area contributed by atoms with Crippen LogP contribution >= 0.6 is 0 Å². The summed E-state index contributed by atoms with van der Waals surface area (Å²) in [7, 11) is 0. The number of carbonyl (C=O) groups excluding carboxylic acids is 5. The molecule has 15 nitrogen and oxygen atoms in total. The van der Waals surface area contributed by atoms with E-state index in [1.807, 2.05) is 0 Å². The maximum atomic E-state index is 13.7. The van der Waals surface area contributed by atoms with E-state index in [0.29, 0.717) is 5.56 Å². The summed E-state index contributed by atoms with van der Waals surface area (Å²) in [6.45, 7) is 0.610. The SMILES string of the molecule is CC(=O)O[C@@H]1[C@@H](OC(=O)c2ccccc2)[C@@H]([C@@H](COC(=O)c2ccccc2)OC(=O)c2ccccc2)O[C@H]1n1cnc2c(NC(=O)c3ccccc3)ncnc21. The second kappa shape index (κ2) is 16.8. The Balaban J connectivity index is 1.28. The number of hydrogen-bond acceptors (Lipinski definition) is 13. The zero-order valence-electron chi connectivity index (χ0n) is 29.7. The van der Waals surface area contributed by atoms with Crippen molar-refractivity contribution in [3.05, 3.63) is 156 Å². The molecular weight excluding hydrogens is 722 g/mol. The van der Waals surface area contributed by atoms with E-state index < -0.39 is 67.0 Å². The molecule has 2 aromatic heterocycles. The average molecular weight is 756 g/mol. The van der Waals surface area contributed by atoms with Crippen LogP contribution in [0.4, 0.5) is 5.82 Å². The van der Waals surface area contributed by atoms with E-state index in [9.17, 15) is 24.0 Å². The maximum Gasteiger partial charge on any atom is 0.338 e. The fourth-order valence-corrected chi connectivity index (χ4v) is 6.09. The smallest absolute Gasteiger partial charge is 0.338 e. The summed E-state index contributed by atoms with van der Waals surface area (Å²) in [5.41, 5.74) is 1.26. The Labute approximate surface area is 319 Å². The minimum absolute atomic E-state index is 0.0794. The molecule has 1 N–H and O–H groups in total. The summed E-state index contributed by atoms with van der Waals surface area (Å²) in [5, 5.41) is 2.74. The molecule has 1 aliphatic heterocycles. The van der Waals surface area contributed by atoms with Gasteiger partial charge in [0.15, 0.2) is 41.5 Å². The number of fused-ring (bicyclic) bond motifs is 1. The first-order valence-corrected chi connectivity index (χ1v) is 17.4. The third kappa shape index (κ3) is 8.27. The first-order valence-electron chi connectivity index (χ1n) is 17.4. The van der Waals surface area contributed by atoms with Crippen molar-refractivity contribution in [3.63, 3.8) is 0 Å². The molecule has 0 spiro atoms. The molecule has 3 heterocycles. The summed E-state index contributed by atoms with van der Waals surface area (Å²) in [4.78, 5) is 79.2. The van der Waals surface area contributed by atoms with Crippen LogP contribution in [0.3, 0.4) is 0 Å². The van der Waals surface area contributed by atoms with Crippen molar-refractivity contribution >= 4 is 46.8 Å². The molecule has 0 bridgehead atoms. The molecule has 282 valence electrons. The lowest BCUT2D eigenvalue weighted by molar-refractivity contribution is -0.156. The lowest BCUT2D eigenvalue weighted by Gasteiger charge is -2.28. The van der Waals surface area contributed by atoms with Crippen molar-refractivity contribution in [3.8, 4) is 0 Å². The molecule has 1 fully saturated rings. The van der Waals surface area contributed by atoms with Gasteiger partial charge in [0, 0.05) is 12.5 Å². The van der Waals surface area contributed by atoms with Crippen molar-refractivity contribution < 1.29 is 47.7 Å². The van der Waals surface area contributed by atoms with Gasteiger partial charge in [-0.3, -0.25) is 14.2 Å². The monoisotopic (exact) mass is 755 g/mol. The van der Waals surface area contributed by atoms with Gasteiger partial charge in [0.1, 0.15) is 19.0 Å². The number of nitrogens with zero attached hydrogens (tertiary/aromatic N) is 4. The van der Waals surface area contributed by atoms with Crippen LogP contribution in [-0.2, 0) is 28.5 Å². The number of benzene rings is 4. The number of aromatic nitrogens is 4. The van der Waals surface area contributed by atoms with E-state index >= 15 is 0 Å². The highest BCUT2D eigenvalue weighted by Crippen LogP contribution is 2.39. The number of nitrogens with one attached hydrogen (secondary N) is 1. The Bertz CT molecular complexity index is 2340. The molecule has 1 amide bonds. The van der Waals surface area contributed by atoms with Gasteiger partial charge in [0.05, 0.1) is 23.0 Å². The average Bonchev–Trinajstić information content (AvgIpc) is 3.82. The normalized spacial score (nSPS) is 18.0. The standard InChI is InChI=1S/C41H33N5O10/c1-25(47)53-34-33(56-41(51)29-20-12-5-13-21-29)32(30(54-40(50)28-18-10-4-11-19-28)22-52-39(49)27-16-8-3-9-17-27)55-38(34)46-24-44-31-35(42-23-43-36(31)46)45-37(48)26-14-6-2-7-15-26/h2-21,23-24,30,32-34,38H,22H2,1H3,(H,42,43,45,48)/t30-,32-,33+,34-,38-/m1/s1. The van der Waals surface area contributed by atoms with Crippen molar-refractivity contribution in [2.45, 2.75) is 37.6 Å². The van der Waals surface area contributed by atoms with Gasteiger partial charge in [-0.25, -0.2) is 29.3 Å². The minimum atomic E-state index is -1.46. The predicted octanol–water partition coefficient (Wildman–Crippen LogP) is 5.22. The molecule has 1 aliphatic rings. The minimum Gasteiger partial charge on any atom is -0.458 e. The molecule has 0 aliphatic carbocycles. The van der Waals surface area contributed by atoms with E-state index in [-0.39, 0.29) is 33.7 Å². The highest BCUT2D eigenvalue weighted by atomic mass is 16.7. The number of hydrogen-bond donors (Lipinski definition) is 1. The lowest BCUT2D eigenvalue weighted by Crippen LogP contribution is -2.47. The largest absolute Gasteiger partial charge is 0.458 e. The van der Waals surface area contributed by atoms with Crippen LogP contribution in [0.25, 0.3) is 11.2 Å². The molecule has 0 saturated carbocycles. The Hall–Kier alpha value is -7.26. The first kappa shape index (κ1) is 37.1.